The average Bonchev–Trinajstić information content (AvgIpc) is 2.69. The summed E-state index contributed by atoms with van der Waals surface area (Å²) in [4.78, 5) is 0. The molecule has 136 valence electrons. The van der Waals surface area contributed by atoms with E-state index in [-0.39, 0.29) is 6.04 Å². The minimum atomic E-state index is 0.107. The maximum Gasteiger partial charge on any atom is 0.0767 e. The monoisotopic (exact) mass is 345 g/mol. The van der Waals surface area contributed by atoms with Crippen molar-refractivity contribution in [2.45, 2.75) is 33.7 Å². The number of hydrogen-bond acceptors (Lipinski definition) is 1. The van der Waals surface area contributed by atoms with Gasteiger partial charge in [0.15, 0.2) is 0 Å². The Kier molecular flexibility index (Phi) is 10.3. The summed E-state index contributed by atoms with van der Waals surface area (Å²) < 4.78 is 0. The van der Waals surface area contributed by atoms with E-state index in [4.69, 9.17) is 0 Å². The van der Waals surface area contributed by atoms with Gasteiger partial charge in [-0.1, -0.05) is 91.5 Å². The number of benzene rings is 2. The molecular weight excluding hydrogens is 314 g/mol. The third-order valence-electron chi connectivity index (χ3n) is 3.81. The van der Waals surface area contributed by atoms with Crippen LogP contribution in [0.4, 0.5) is 0 Å². The van der Waals surface area contributed by atoms with Crippen molar-refractivity contribution >= 4 is 0 Å². The van der Waals surface area contributed by atoms with E-state index in [1.54, 1.807) is 0 Å². The van der Waals surface area contributed by atoms with Crippen LogP contribution in [0.3, 0.4) is 0 Å². The highest BCUT2D eigenvalue weighted by molar-refractivity contribution is 5.37. The SMILES string of the molecule is C/C=C\C.C=C(C)/C(=C\C=C/C)NC(c1ccccc1)c1ccccc1. The summed E-state index contributed by atoms with van der Waals surface area (Å²) in [5, 5.41) is 3.63. The van der Waals surface area contributed by atoms with Crippen LogP contribution >= 0.6 is 0 Å². The lowest BCUT2D eigenvalue weighted by Crippen LogP contribution is -2.22. The molecule has 2 aromatic carbocycles. The van der Waals surface area contributed by atoms with E-state index in [9.17, 15) is 0 Å². The molecule has 0 amide bonds. The van der Waals surface area contributed by atoms with Crippen molar-refractivity contribution < 1.29 is 0 Å². The summed E-state index contributed by atoms with van der Waals surface area (Å²) in [5.74, 6) is 0. The fourth-order valence-corrected chi connectivity index (χ4v) is 2.31. The van der Waals surface area contributed by atoms with Gasteiger partial charge in [0.1, 0.15) is 0 Å². The van der Waals surface area contributed by atoms with Crippen molar-refractivity contribution in [2.75, 3.05) is 0 Å². The van der Waals surface area contributed by atoms with Crippen molar-refractivity contribution in [3.05, 3.63) is 120 Å². The summed E-state index contributed by atoms with van der Waals surface area (Å²) in [6.45, 7) is 12.1. The van der Waals surface area contributed by atoms with E-state index in [2.05, 4.69) is 66.5 Å². The Morgan fingerprint density at radius 2 is 1.27 bits per heavy atom. The number of allylic oxidation sites excluding steroid dienone is 6. The second-order valence-corrected chi connectivity index (χ2v) is 5.95. The molecule has 0 aliphatic rings. The molecule has 2 rings (SSSR count). The van der Waals surface area contributed by atoms with Crippen LogP contribution in [0, 0.1) is 0 Å². The van der Waals surface area contributed by atoms with Gasteiger partial charge in [0.2, 0.25) is 0 Å². The highest BCUT2D eigenvalue weighted by atomic mass is 14.9. The second-order valence-electron chi connectivity index (χ2n) is 5.95. The molecule has 26 heavy (non-hydrogen) atoms. The average molecular weight is 346 g/mol. The van der Waals surface area contributed by atoms with Crippen LogP contribution in [0.15, 0.2) is 109 Å². The van der Waals surface area contributed by atoms with Crippen molar-refractivity contribution in [1.29, 1.82) is 0 Å². The van der Waals surface area contributed by atoms with Crippen LogP contribution in [0.1, 0.15) is 44.9 Å². The third-order valence-corrected chi connectivity index (χ3v) is 3.81. The molecule has 0 saturated carbocycles. The lowest BCUT2D eigenvalue weighted by molar-refractivity contribution is 0.698. The normalized spacial score (nSPS) is 11.5. The molecule has 0 atom stereocenters. The van der Waals surface area contributed by atoms with Gasteiger partial charge in [0, 0.05) is 5.70 Å². The molecular formula is C25H31N. The van der Waals surface area contributed by atoms with E-state index in [0.29, 0.717) is 0 Å². The fourth-order valence-electron chi connectivity index (χ4n) is 2.31. The number of nitrogens with one attached hydrogen (secondary N) is 1. The molecule has 1 nitrogen and oxygen atoms in total. The van der Waals surface area contributed by atoms with E-state index < -0.39 is 0 Å². The van der Waals surface area contributed by atoms with Gasteiger partial charge in [-0.15, -0.1) is 0 Å². The first-order valence-electron chi connectivity index (χ1n) is 9.06. The summed E-state index contributed by atoms with van der Waals surface area (Å²) in [7, 11) is 0. The molecule has 0 radical (unpaired) electrons. The lowest BCUT2D eigenvalue weighted by Gasteiger charge is -2.23. The van der Waals surface area contributed by atoms with Crippen LogP contribution in [-0.4, -0.2) is 0 Å². The number of hydrogen-bond donors (Lipinski definition) is 1. The van der Waals surface area contributed by atoms with Crippen LogP contribution in [0.2, 0.25) is 0 Å². The van der Waals surface area contributed by atoms with Crippen LogP contribution in [-0.2, 0) is 0 Å². The second kappa shape index (κ2) is 12.5. The zero-order valence-corrected chi connectivity index (χ0v) is 16.4. The lowest BCUT2D eigenvalue weighted by atomic mass is 9.98. The summed E-state index contributed by atoms with van der Waals surface area (Å²) in [6.07, 6.45) is 10.1. The molecule has 1 heteroatoms. The standard InChI is InChI=1S/C21H23N.C4H8/c1-4-5-16-20(17(2)3)22-21(18-12-8-6-9-13-18)19-14-10-7-11-15-19;1-3-4-2/h4-16,21-22H,2H2,1,3H3;3-4H,1-2H3/b5-4-,20-16+;4-3-. The molecule has 0 saturated heterocycles. The molecule has 0 aliphatic carbocycles. The zero-order valence-electron chi connectivity index (χ0n) is 16.4. The quantitative estimate of drug-likeness (QED) is 0.439. The van der Waals surface area contributed by atoms with E-state index in [1.807, 2.05) is 64.1 Å². The van der Waals surface area contributed by atoms with Gasteiger partial charge in [-0.05, 0) is 50.5 Å². The minimum Gasteiger partial charge on any atom is -0.374 e. The summed E-state index contributed by atoms with van der Waals surface area (Å²) in [5.41, 5.74) is 4.55. The first-order valence-corrected chi connectivity index (χ1v) is 9.06. The Morgan fingerprint density at radius 1 is 0.808 bits per heavy atom. The molecule has 0 aliphatic heterocycles. The Morgan fingerprint density at radius 3 is 1.62 bits per heavy atom. The van der Waals surface area contributed by atoms with Gasteiger partial charge in [-0.3, -0.25) is 0 Å². The third kappa shape index (κ3) is 7.40. The predicted octanol–water partition coefficient (Wildman–Crippen LogP) is 6.98. The maximum absolute atomic E-state index is 4.08. The Labute approximate surface area is 159 Å². The highest BCUT2D eigenvalue weighted by Gasteiger charge is 2.14. The Balaban J connectivity index is 0.000000765. The van der Waals surface area contributed by atoms with Crippen molar-refractivity contribution in [3.8, 4) is 0 Å². The van der Waals surface area contributed by atoms with Gasteiger partial charge in [0.05, 0.1) is 6.04 Å². The molecule has 0 heterocycles. The smallest absolute Gasteiger partial charge is 0.0767 e. The van der Waals surface area contributed by atoms with Crippen LogP contribution < -0.4 is 5.32 Å². The van der Waals surface area contributed by atoms with Gasteiger partial charge in [-0.25, -0.2) is 0 Å². The van der Waals surface area contributed by atoms with Gasteiger partial charge >= 0.3 is 0 Å². The molecule has 0 spiro atoms. The molecule has 0 unspecified atom stereocenters. The fraction of sp³-hybridized carbons (Fsp3) is 0.200. The minimum absolute atomic E-state index is 0.107. The predicted molar refractivity (Wildman–Crippen MR) is 116 cm³/mol. The van der Waals surface area contributed by atoms with Crippen molar-refractivity contribution in [2.24, 2.45) is 0 Å². The summed E-state index contributed by atoms with van der Waals surface area (Å²) >= 11 is 0. The van der Waals surface area contributed by atoms with Gasteiger partial charge in [-0.2, -0.15) is 0 Å². The molecule has 2 aromatic rings. The van der Waals surface area contributed by atoms with Crippen LogP contribution in [0.5, 0.6) is 0 Å². The Hall–Kier alpha value is -2.80. The zero-order chi connectivity index (χ0) is 19.2. The molecule has 0 fully saturated rings. The van der Waals surface area contributed by atoms with Crippen LogP contribution in [0.25, 0.3) is 0 Å². The topological polar surface area (TPSA) is 12.0 Å². The molecule has 1 N–H and O–H groups in total. The molecule has 0 aromatic heterocycles. The van der Waals surface area contributed by atoms with E-state index in [1.165, 1.54) is 11.1 Å². The number of rotatable bonds is 6. The highest BCUT2D eigenvalue weighted by Crippen LogP contribution is 2.24. The van der Waals surface area contributed by atoms with Gasteiger partial charge in [0.25, 0.3) is 0 Å². The van der Waals surface area contributed by atoms with E-state index in [0.717, 1.165) is 11.3 Å². The Bertz CT molecular complexity index is 678. The van der Waals surface area contributed by atoms with Crippen molar-refractivity contribution in [3.63, 3.8) is 0 Å². The van der Waals surface area contributed by atoms with E-state index >= 15 is 0 Å². The maximum atomic E-state index is 4.08. The first-order chi connectivity index (χ1) is 12.6. The van der Waals surface area contributed by atoms with Gasteiger partial charge < -0.3 is 5.32 Å². The summed E-state index contributed by atoms with van der Waals surface area (Å²) in [6, 6.07) is 21.1. The van der Waals surface area contributed by atoms with Crippen molar-refractivity contribution in [1.82, 2.24) is 5.32 Å². The molecule has 0 bridgehead atoms. The first kappa shape index (κ1) is 21.2. The largest absolute Gasteiger partial charge is 0.374 e.